The van der Waals surface area contributed by atoms with Crippen molar-refractivity contribution in [2.24, 2.45) is 5.73 Å². The first kappa shape index (κ1) is 18.4. The fraction of sp³-hybridized carbons (Fsp3) is 0.421. The van der Waals surface area contributed by atoms with E-state index in [0.717, 1.165) is 16.5 Å². The summed E-state index contributed by atoms with van der Waals surface area (Å²) in [5.74, 6) is 4.62. The average molecular weight is 328 g/mol. The number of rotatable bonds is 7. The van der Waals surface area contributed by atoms with Gasteiger partial charge in [0.05, 0.1) is 25.3 Å². The number of nitrogens with zero attached hydrogens (tertiary/aromatic N) is 1. The fourth-order valence-corrected chi connectivity index (χ4v) is 2.36. The maximum absolute atomic E-state index is 5.86. The number of benzene rings is 1. The molecule has 0 aliphatic rings. The molecule has 2 N–H and O–H groups in total. The van der Waals surface area contributed by atoms with Crippen LogP contribution >= 0.6 is 0 Å². The van der Waals surface area contributed by atoms with Gasteiger partial charge in [-0.2, -0.15) is 0 Å². The van der Waals surface area contributed by atoms with Crippen molar-refractivity contribution in [2.75, 3.05) is 19.8 Å². The van der Waals surface area contributed by atoms with Crippen molar-refractivity contribution in [3.05, 3.63) is 41.6 Å². The van der Waals surface area contributed by atoms with Gasteiger partial charge in [-0.15, -0.1) is 0 Å². The minimum Gasteiger partial charge on any atom is -0.326 e. The lowest BCUT2D eigenvalue weighted by molar-refractivity contribution is -0.339. The number of fused-ring (bicyclic) bond motifs is 1. The lowest BCUT2D eigenvalue weighted by Crippen LogP contribution is -2.38. The number of nitrogens with two attached hydrogens (primary N) is 1. The Kier molecular flexibility index (Phi) is 6.71. The SMILES string of the molecule is CCOC(C#Cc1nc2ccccc2cc1CN)(OCC)OCC. The van der Waals surface area contributed by atoms with Crippen molar-refractivity contribution in [1.29, 1.82) is 0 Å². The van der Waals surface area contributed by atoms with Crippen LogP contribution in [0.5, 0.6) is 0 Å². The van der Waals surface area contributed by atoms with Crippen molar-refractivity contribution in [1.82, 2.24) is 4.98 Å². The zero-order chi connectivity index (χ0) is 17.4. The minimum atomic E-state index is -1.38. The third kappa shape index (κ3) is 4.31. The van der Waals surface area contributed by atoms with E-state index < -0.39 is 5.97 Å². The summed E-state index contributed by atoms with van der Waals surface area (Å²) in [6.07, 6.45) is 0. The maximum atomic E-state index is 5.86. The van der Waals surface area contributed by atoms with Gasteiger partial charge in [0.15, 0.2) is 0 Å². The van der Waals surface area contributed by atoms with Gasteiger partial charge in [-0.1, -0.05) is 18.2 Å². The molecule has 2 rings (SSSR count). The van der Waals surface area contributed by atoms with Gasteiger partial charge >= 0.3 is 5.97 Å². The predicted octanol–water partition coefficient (Wildman–Crippen LogP) is 2.81. The van der Waals surface area contributed by atoms with E-state index >= 15 is 0 Å². The van der Waals surface area contributed by atoms with E-state index in [-0.39, 0.29) is 0 Å². The summed E-state index contributed by atoms with van der Waals surface area (Å²) in [5, 5.41) is 1.04. The van der Waals surface area contributed by atoms with E-state index in [1.54, 1.807) is 0 Å². The van der Waals surface area contributed by atoms with Crippen molar-refractivity contribution in [3.63, 3.8) is 0 Å². The van der Waals surface area contributed by atoms with Crippen LogP contribution in [0.25, 0.3) is 10.9 Å². The van der Waals surface area contributed by atoms with Crippen molar-refractivity contribution in [3.8, 4) is 11.8 Å². The predicted molar refractivity (Wildman–Crippen MR) is 94.1 cm³/mol. The smallest absolute Gasteiger partial charge is 0.326 e. The molecule has 0 atom stereocenters. The van der Waals surface area contributed by atoms with E-state index in [4.69, 9.17) is 19.9 Å². The molecule has 0 saturated heterocycles. The van der Waals surface area contributed by atoms with Gasteiger partial charge in [-0.3, -0.25) is 0 Å². The molecular weight excluding hydrogens is 304 g/mol. The van der Waals surface area contributed by atoms with Crippen LogP contribution in [-0.4, -0.2) is 30.8 Å². The third-order valence-electron chi connectivity index (χ3n) is 3.36. The largest absolute Gasteiger partial charge is 0.353 e. The van der Waals surface area contributed by atoms with Crippen LogP contribution in [0.1, 0.15) is 32.0 Å². The van der Waals surface area contributed by atoms with Gasteiger partial charge < -0.3 is 19.9 Å². The molecule has 5 heteroatoms. The van der Waals surface area contributed by atoms with Crippen LogP contribution in [0.2, 0.25) is 0 Å². The third-order valence-corrected chi connectivity index (χ3v) is 3.36. The molecule has 2 aromatic rings. The molecular formula is C19H24N2O3. The van der Waals surface area contributed by atoms with E-state index in [1.165, 1.54) is 0 Å². The van der Waals surface area contributed by atoms with E-state index in [2.05, 4.69) is 16.8 Å². The minimum absolute atomic E-state index is 0.354. The Balaban J connectivity index is 2.47. The summed E-state index contributed by atoms with van der Waals surface area (Å²) >= 11 is 0. The van der Waals surface area contributed by atoms with Crippen molar-refractivity contribution < 1.29 is 14.2 Å². The summed E-state index contributed by atoms with van der Waals surface area (Å²) in [6, 6.07) is 9.88. The molecule has 5 nitrogen and oxygen atoms in total. The van der Waals surface area contributed by atoms with Gasteiger partial charge in [0, 0.05) is 23.4 Å². The lowest BCUT2D eigenvalue weighted by Gasteiger charge is -2.26. The second-order valence-electron chi connectivity index (χ2n) is 5.00. The highest BCUT2D eigenvalue weighted by Crippen LogP contribution is 2.18. The highest BCUT2D eigenvalue weighted by Gasteiger charge is 2.30. The number of pyridine rings is 1. The van der Waals surface area contributed by atoms with Crippen LogP contribution < -0.4 is 5.73 Å². The summed E-state index contributed by atoms with van der Waals surface area (Å²) in [5.41, 5.74) is 8.21. The molecule has 1 aromatic heterocycles. The molecule has 128 valence electrons. The number of aromatic nitrogens is 1. The Hall–Kier alpha value is -1.97. The monoisotopic (exact) mass is 328 g/mol. The van der Waals surface area contributed by atoms with Crippen LogP contribution in [0.15, 0.2) is 30.3 Å². The van der Waals surface area contributed by atoms with E-state index in [1.807, 2.05) is 51.1 Å². The van der Waals surface area contributed by atoms with Gasteiger partial charge in [-0.05, 0) is 38.8 Å². The lowest BCUT2D eigenvalue weighted by atomic mass is 10.1. The zero-order valence-electron chi connectivity index (χ0n) is 14.5. The molecule has 24 heavy (non-hydrogen) atoms. The van der Waals surface area contributed by atoms with E-state index in [9.17, 15) is 0 Å². The van der Waals surface area contributed by atoms with Crippen LogP contribution in [-0.2, 0) is 20.8 Å². The molecule has 1 aromatic carbocycles. The number of para-hydroxylation sites is 1. The summed E-state index contributed by atoms with van der Waals surface area (Å²) in [6.45, 7) is 7.22. The Labute approximate surface area is 143 Å². The molecule has 0 unspecified atom stereocenters. The zero-order valence-corrected chi connectivity index (χ0v) is 14.5. The number of hydrogen-bond donors (Lipinski definition) is 1. The van der Waals surface area contributed by atoms with Gasteiger partial charge in [0.1, 0.15) is 5.69 Å². The fourth-order valence-electron chi connectivity index (χ4n) is 2.36. The highest BCUT2D eigenvalue weighted by atomic mass is 16.9. The van der Waals surface area contributed by atoms with Gasteiger partial charge in [0.2, 0.25) is 0 Å². The first-order valence-electron chi connectivity index (χ1n) is 8.21. The van der Waals surface area contributed by atoms with Crippen molar-refractivity contribution >= 4 is 10.9 Å². The highest BCUT2D eigenvalue weighted by molar-refractivity contribution is 5.80. The molecule has 1 heterocycles. The quantitative estimate of drug-likeness (QED) is 0.625. The Morgan fingerprint density at radius 3 is 2.25 bits per heavy atom. The summed E-state index contributed by atoms with van der Waals surface area (Å²) in [7, 11) is 0. The Morgan fingerprint density at radius 1 is 1.04 bits per heavy atom. The van der Waals surface area contributed by atoms with Crippen LogP contribution in [0.4, 0.5) is 0 Å². The first-order valence-corrected chi connectivity index (χ1v) is 8.21. The molecule has 0 aliphatic carbocycles. The Bertz CT molecular complexity index is 717. The van der Waals surface area contributed by atoms with Crippen molar-refractivity contribution in [2.45, 2.75) is 33.3 Å². The van der Waals surface area contributed by atoms with Crippen LogP contribution in [0.3, 0.4) is 0 Å². The van der Waals surface area contributed by atoms with Gasteiger partial charge in [0.25, 0.3) is 0 Å². The Morgan fingerprint density at radius 2 is 1.67 bits per heavy atom. The molecule has 0 fully saturated rings. The summed E-state index contributed by atoms with van der Waals surface area (Å²) < 4.78 is 16.8. The molecule has 0 amide bonds. The molecule has 0 spiro atoms. The van der Waals surface area contributed by atoms with Gasteiger partial charge in [-0.25, -0.2) is 4.98 Å². The second kappa shape index (κ2) is 8.76. The molecule has 0 bridgehead atoms. The number of hydrogen-bond acceptors (Lipinski definition) is 5. The average Bonchev–Trinajstić information content (AvgIpc) is 2.60. The maximum Gasteiger partial charge on any atom is 0.353 e. The standard InChI is InChI=1S/C19H24N2O3/c1-4-22-19(23-5-2,24-6-3)12-11-18-16(14-20)13-15-9-7-8-10-17(15)21-18/h7-10,13H,4-6,14,20H2,1-3H3. The molecule has 0 saturated carbocycles. The van der Waals surface area contributed by atoms with Crippen LogP contribution in [0, 0.1) is 11.8 Å². The number of ether oxygens (including phenoxy) is 3. The first-order chi connectivity index (χ1) is 11.7. The normalized spacial score (nSPS) is 11.3. The topological polar surface area (TPSA) is 66.6 Å². The summed E-state index contributed by atoms with van der Waals surface area (Å²) in [4.78, 5) is 4.61. The van der Waals surface area contributed by atoms with E-state index in [0.29, 0.717) is 32.1 Å². The molecule has 0 aliphatic heterocycles. The molecule has 0 radical (unpaired) electrons. The second-order valence-corrected chi connectivity index (χ2v) is 5.00.